The number of hydrogen-bond acceptors (Lipinski definition) is 6. The minimum absolute atomic E-state index is 0.0654. The second kappa shape index (κ2) is 9.41. The molecule has 2 saturated heterocycles. The summed E-state index contributed by atoms with van der Waals surface area (Å²) in [6, 6.07) is 1.38. The number of nitrogens with one attached hydrogen (secondary N) is 1. The van der Waals surface area contributed by atoms with Gasteiger partial charge in [-0.25, -0.2) is 14.8 Å². The third-order valence-electron chi connectivity index (χ3n) is 5.45. The molecule has 8 heteroatoms. The van der Waals surface area contributed by atoms with Crippen molar-refractivity contribution in [2.45, 2.75) is 64.5 Å². The summed E-state index contributed by atoms with van der Waals surface area (Å²) in [4.78, 5) is 37.7. The molecule has 2 aliphatic rings. The SMILES string of the molecule is CC(C)(C)OC(=O)N1CCCC[C@@H]1C(=O)NCC1CCN(c2ncccn2)CC1. The van der Waals surface area contributed by atoms with Crippen LogP contribution in [0.1, 0.15) is 52.9 Å². The fourth-order valence-electron chi connectivity index (χ4n) is 3.90. The lowest BCUT2D eigenvalue weighted by Gasteiger charge is -2.36. The monoisotopic (exact) mass is 403 g/mol. The summed E-state index contributed by atoms with van der Waals surface area (Å²) in [5.41, 5.74) is -0.563. The molecular formula is C21H33N5O3. The van der Waals surface area contributed by atoms with Crippen molar-refractivity contribution >= 4 is 17.9 Å². The van der Waals surface area contributed by atoms with Crippen molar-refractivity contribution in [2.24, 2.45) is 5.92 Å². The van der Waals surface area contributed by atoms with E-state index >= 15 is 0 Å². The first kappa shape index (κ1) is 21.3. The smallest absolute Gasteiger partial charge is 0.410 e. The van der Waals surface area contributed by atoms with Crippen LogP contribution in [0.3, 0.4) is 0 Å². The van der Waals surface area contributed by atoms with Crippen molar-refractivity contribution in [3.63, 3.8) is 0 Å². The predicted octanol–water partition coefficient (Wildman–Crippen LogP) is 2.60. The first-order valence-corrected chi connectivity index (χ1v) is 10.6. The van der Waals surface area contributed by atoms with Gasteiger partial charge in [-0.2, -0.15) is 0 Å². The number of amides is 2. The summed E-state index contributed by atoms with van der Waals surface area (Å²) in [6.07, 6.45) is 7.64. The Morgan fingerprint density at radius 3 is 2.45 bits per heavy atom. The standard InChI is InChI=1S/C21H33N5O3/c1-21(2,3)29-20(28)26-12-5-4-7-17(26)18(27)24-15-16-8-13-25(14-9-16)19-22-10-6-11-23-19/h6,10-11,16-17H,4-5,7-9,12-15H2,1-3H3,(H,24,27)/t17-/m1/s1. The van der Waals surface area contributed by atoms with Crippen molar-refractivity contribution in [3.05, 3.63) is 18.5 Å². The number of rotatable bonds is 4. The molecular weight excluding hydrogens is 370 g/mol. The number of ether oxygens (including phenoxy) is 1. The van der Waals surface area contributed by atoms with E-state index < -0.39 is 17.7 Å². The zero-order valence-corrected chi connectivity index (χ0v) is 17.8. The average Bonchev–Trinajstić information content (AvgIpc) is 2.72. The Bertz CT molecular complexity index is 683. The van der Waals surface area contributed by atoms with E-state index in [1.807, 2.05) is 26.8 Å². The van der Waals surface area contributed by atoms with E-state index in [0.29, 0.717) is 25.4 Å². The van der Waals surface area contributed by atoms with Gasteiger partial charge < -0.3 is 15.0 Å². The zero-order valence-electron chi connectivity index (χ0n) is 17.8. The summed E-state index contributed by atoms with van der Waals surface area (Å²) in [5, 5.41) is 3.09. The van der Waals surface area contributed by atoms with Crippen LogP contribution in [0.4, 0.5) is 10.7 Å². The minimum Gasteiger partial charge on any atom is -0.444 e. The highest BCUT2D eigenvalue weighted by Crippen LogP contribution is 2.22. The molecule has 1 aromatic heterocycles. The highest BCUT2D eigenvalue weighted by molar-refractivity contribution is 5.85. The summed E-state index contributed by atoms with van der Waals surface area (Å²) in [5.74, 6) is 1.13. The Labute approximate surface area is 173 Å². The number of piperidine rings is 2. The molecule has 2 fully saturated rings. The number of aromatic nitrogens is 2. The van der Waals surface area contributed by atoms with Crippen LogP contribution < -0.4 is 10.2 Å². The van der Waals surface area contributed by atoms with E-state index in [-0.39, 0.29) is 5.91 Å². The van der Waals surface area contributed by atoms with Crippen molar-refractivity contribution in [1.29, 1.82) is 0 Å². The maximum absolute atomic E-state index is 12.8. The summed E-state index contributed by atoms with van der Waals surface area (Å²) < 4.78 is 5.50. The number of hydrogen-bond donors (Lipinski definition) is 1. The molecule has 3 heterocycles. The number of anilines is 1. The molecule has 0 unspecified atom stereocenters. The number of carbonyl (C=O) groups is 2. The molecule has 0 aromatic carbocycles. The summed E-state index contributed by atoms with van der Waals surface area (Å²) in [7, 11) is 0. The van der Waals surface area contributed by atoms with Gasteiger partial charge in [0.15, 0.2) is 0 Å². The van der Waals surface area contributed by atoms with Crippen LogP contribution in [0.25, 0.3) is 0 Å². The van der Waals surface area contributed by atoms with Gasteiger partial charge in [0.1, 0.15) is 11.6 Å². The molecule has 0 saturated carbocycles. The van der Waals surface area contributed by atoms with E-state index in [1.54, 1.807) is 17.3 Å². The third-order valence-corrected chi connectivity index (χ3v) is 5.45. The molecule has 0 spiro atoms. The van der Waals surface area contributed by atoms with Crippen LogP contribution >= 0.6 is 0 Å². The van der Waals surface area contributed by atoms with Gasteiger partial charge in [-0.15, -0.1) is 0 Å². The number of carbonyl (C=O) groups excluding carboxylic acids is 2. The maximum Gasteiger partial charge on any atom is 0.410 e. The highest BCUT2D eigenvalue weighted by atomic mass is 16.6. The van der Waals surface area contributed by atoms with Crippen LogP contribution in [-0.2, 0) is 9.53 Å². The molecule has 2 aliphatic heterocycles. The number of likely N-dealkylation sites (tertiary alicyclic amines) is 1. The molecule has 8 nitrogen and oxygen atoms in total. The predicted molar refractivity (Wildman–Crippen MR) is 111 cm³/mol. The van der Waals surface area contributed by atoms with E-state index in [9.17, 15) is 9.59 Å². The van der Waals surface area contributed by atoms with Crippen molar-refractivity contribution in [3.8, 4) is 0 Å². The Morgan fingerprint density at radius 2 is 1.79 bits per heavy atom. The van der Waals surface area contributed by atoms with E-state index in [1.165, 1.54) is 0 Å². The fourth-order valence-corrected chi connectivity index (χ4v) is 3.90. The van der Waals surface area contributed by atoms with Crippen LogP contribution in [0, 0.1) is 5.92 Å². The minimum atomic E-state index is -0.563. The second-order valence-corrected chi connectivity index (χ2v) is 8.91. The molecule has 1 N–H and O–H groups in total. The Kier molecular flexibility index (Phi) is 6.92. The molecule has 29 heavy (non-hydrogen) atoms. The first-order valence-electron chi connectivity index (χ1n) is 10.6. The normalized spacial score (nSPS) is 21.0. The fraction of sp³-hybridized carbons (Fsp3) is 0.714. The van der Waals surface area contributed by atoms with Gasteiger partial charge in [0.2, 0.25) is 11.9 Å². The molecule has 160 valence electrons. The Morgan fingerprint density at radius 1 is 1.10 bits per heavy atom. The quantitative estimate of drug-likeness (QED) is 0.831. The molecule has 2 amide bonds. The second-order valence-electron chi connectivity index (χ2n) is 8.91. The van der Waals surface area contributed by atoms with E-state index in [2.05, 4.69) is 20.2 Å². The van der Waals surface area contributed by atoms with Crippen LogP contribution in [0.2, 0.25) is 0 Å². The molecule has 0 radical (unpaired) electrons. The molecule has 0 aliphatic carbocycles. The number of nitrogens with zero attached hydrogens (tertiary/aromatic N) is 4. The van der Waals surface area contributed by atoms with Crippen LogP contribution in [0.15, 0.2) is 18.5 Å². The van der Waals surface area contributed by atoms with Crippen LogP contribution in [-0.4, -0.2) is 64.7 Å². The summed E-state index contributed by atoms with van der Waals surface area (Å²) >= 11 is 0. The van der Waals surface area contributed by atoms with Gasteiger partial charge in [-0.3, -0.25) is 9.69 Å². The Balaban J connectivity index is 1.47. The lowest BCUT2D eigenvalue weighted by atomic mass is 9.96. The van der Waals surface area contributed by atoms with Crippen molar-refractivity contribution in [2.75, 3.05) is 31.1 Å². The highest BCUT2D eigenvalue weighted by Gasteiger charge is 2.35. The van der Waals surface area contributed by atoms with Gasteiger partial charge in [0, 0.05) is 38.6 Å². The molecule has 3 rings (SSSR count). The molecule has 0 bridgehead atoms. The van der Waals surface area contributed by atoms with E-state index in [4.69, 9.17) is 4.74 Å². The first-order chi connectivity index (χ1) is 13.8. The lowest BCUT2D eigenvalue weighted by Crippen LogP contribution is -2.53. The van der Waals surface area contributed by atoms with Gasteiger partial charge in [-0.1, -0.05) is 0 Å². The topological polar surface area (TPSA) is 87.7 Å². The van der Waals surface area contributed by atoms with Gasteiger partial charge in [0.25, 0.3) is 0 Å². The van der Waals surface area contributed by atoms with Crippen LogP contribution in [0.5, 0.6) is 0 Å². The van der Waals surface area contributed by atoms with Crippen molar-refractivity contribution < 1.29 is 14.3 Å². The zero-order chi connectivity index (χ0) is 20.9. The van der Waals surface area contributed by atoms with Gasteiger partial charge in [-0.05, 0) is 64.9 Å². The van der Waals surface area contributed by atoms with E-state index in [0.717, 1.165) is 44.7 Å². The van der Waals surface area contributed by atoms with Gasteiger partial charge >= 0.3 is 6.09 Å². The molecule has 1 aromatic rings. The van der Waals surface area contributed by atoms with Gasteiger partial charge in [0.05, 0.1) is 0 Å². The summed E-state index contributed by atoms with van der Waals surface area (Å²) in [6.45, 7) is 8.52. The lowest BCUT2D eigenvalue weighted by molar-refractivity contribution is -0.127. The average molecular weight is 404 g/mol. The largest absolute Gasteiger partial charge is 0.444 e. The molecule has 1 atom stereocenters. The van der Waals surface area contributed by atoms with Crippen molar-refractivity contribution in [1.82, 2.24) is 20.2 Å². The third kappa shape index (κ3) is 6.05. The Hall–Kier alpha value is -2.38. The maximum atomic E-state index is 12.8.